The molecule has 0 aliphatic rings. The van der Waals surface area contributed by atoms with Gasteiger partial charge in [0.25, 0.3) is 0 Å². The number of carbonyl (C=O) groups excluding carboxylic acids is 1. The minimum Gasteiger partial charge on any atom is -0.485 e. The van der Waals surface area contributed by atoms with E-state index in [0.717, 1.165) is 11.3 Å². The van der Waals surface area contributed by atoms with E-state index in [1.54, 1.807) is 0 Å². The zero-order chi connectivity index (χ0) is 15.5. The molecule has 0 heterocycles. The van der Waals surface area contributed by atoms with Crippen LogP contribution in [0.15, 0.2) is 48.5 Å². The Hall–Kier alpha value is -2.09. The SMILES string of the molecule is Cc1ccc(C(=O)COc2ccc(C(C)(C)C)cc2)cc1. The van der Waals surface area contributed by atoms with Crippen LogP contribution in [-0.4, -0.2) is 12.4 Å². The largest absolute Gasteiger partial charge is 0.485 e. The number of rotatable bonds is 4. The zero-order valence-electron chi connectivity index (χ0n) is 13.1. The van der Waals surface area contributed by atoms with Crippen LogP contribution in [0.3, 0.4) is 0 Å². The summed E-state index contributed by atoms with van der Waals surface area (Å²) in [6.07, 6.45) is 0. The maximum absolute atomic E-state index is 12.0. The van der Waals surface area contributed by atoms with Gasteiger partial charge in [0.1, 0.15) is 5.75 Å². The average molecular weight is 282 g/mol. The standard InChI is InChI=1S/C19H22O2/c1-14-5-7-15(8-6-14)18(20)13-21-17-11-9-16(10-12-17)19(2,3)4/h5-12H,13H2,1-4H3. The fourth-order valence-corrected chi connectivity index (χ4v) is 2.02. The molecule has 110 valence electrons. The molecule has 0 aromatic heterocycles. The molecule has 0 aliphatic heterocycles. The molecule has 2 aromatic carbocycles. The van der Waals surface area contributed by atoms with Crippen molar-refractivity contribution in [2.75, 3.05) is 6.61 Å². The predicted octanol–water partition coefficient (Wildman–Crippen LogP) is 4.55. The third kappa shape index (κ3) is 4.19. The van der Waals surface area contributed by atoms with Gasteiger partial charge >= 0.3 is 0 Å². The van der Waals surface area contributed by atoms with Gasteiger partial charge in [0.2, 0.25) is 0 Å². The van der Waals surface area contributed by atoms with Crippen LogP contribution in [-0.2, 0) is 5.41 Å². The second kappa shape index (κ2) is 6.13. The molecular formula is C19H22O2. The van der Waals surface area contributed by atoms with Crippen LogP contribution in [0.2, 0.25) is 0 Å². The maximum Gasteiger partial charge on any atom is 0.200 e. The molecule has 2 nitrogen and oxygen atoms in total. The summed E-state index contributed by atoms with van der Waals surface area (Å²) in [4.78, 5) is 12.0. The molecule has 0 N–H and O–H groups in total. The summed E-state index contributed by atoms with van der Waals surface area (Å²) >= 11 is 0. The van der Waals surface area contributed by atoms with E-state index in [9.17, 15) is 4.79 Å². The van der Waals surface area contributed by atoms with E-state index in [-0.39, 0.29) is 17.8 Å². The summed E-state index contributed by atoms with van der Waals surface area (Å²) in [6, 6.07) is 15.5. The van der Waals surface area contributed by atoms with Crippen molar-refractivity contribution < 1.29 is 9.53 Å². The fraction of sp³-hybridized carbons (Fsp3) is 0.316. The van der Waals surface area contributed by atoms with Crippen molar-refractivity contribution in [2.45, 2.75) is 33.1 Å². The van der Waals surface area contributed by atoms with Gasteiger partial charge in [-0.3, -0.25) is 4.79 Å². The number of Topliss-reactive ketones (excluding diaryl/α,β-unsaturated/α-hetero) is 1. The molecular weight excluding hydrogens is 260 g/mol. The number of aryl methyl sites for hydroxylation is 1. The maximum atomic E-state index is 12.0. The number of ether oxygens (including phenoxy) is 1. The molecule has 0 saturated heterocycles. The zero-order valence-corrected chi connectivity index (χ0v) is 13.1. The third-order valence-corrected chi connectivity index (χ3v) is 3.46. The highest BCUT2D eigenvalue weighted by Crippen LogP contribution is 2.24. The first-order valence-electron chi connectivity index (χ1n) is 7.19. The van der Waals surface area contributed by atoms with Crippen molar-refractivity contribution in [3.05, 3.63) is 65.2 Å². The van der Waals surface area contributed by atoms with Crippen molar-refractivity contribution in [3.63, 3.8) is 0 Å². The van der Waals surface area contributed by atoms with Gasteiger partial charge in [0, 0.05) is 5.56 Å². The molecule has 2 rings (SSSR count). The Morgan fingerprint density at radius 3 is 2.05 bits per heavy atom. The van der Waals surface area contributed by atoms with Crippen molar-refractivity contribution in [1.82, 2.24) is 0 Å². The lowest BCUT2D eigenvalue weighted by Gasteiger charge is -2.19. The van der Waals surface area contributed by atoms with E-state index in [2.05, 4.69) is 20.8 Å². The first-order chi connectivity index (χ1) is 9.86. The number of ketones is 1. The number of carbonyl (C=O) groups is 1. The monoisotopic (exact) mass is 282 g/mol. The Bertz CT molecular complexity index is 602. The number of hydrogen-bond acceptors (Lipinski definition) is 2. The second-order valence-corrected chi connectivity index (χ2v) is 6.35. The van der Waals surface area contributed by atoms with Gasteiger partial charge in [-0.05, 0) is 30.0 Å². The molecule has 0 aliphatic carbocycles. The molecule has 0 spiro atoms. The summed E-state index contributed by atoms with van der Waals surface area (Å²) in [7, 11) is 0. The highest BCUT2D eigenvalue weighted by molar-refractivity contribution is 5.97. The summed E-state index contributed by atoms with van der Waals surface area (Å²) in [6.45, 7) is 8.58. The lowest BCUT2D eigenvalue weighted by Crippen LogP contribution is -2.12. The van der Waals surface area contributed by atoms with Gasteiger partial charge in [-0.15, -0.1) is 0 Å². The van der Waals surface area contributed by atoms with Crippen LogP contribution in [0.4, 0.5) is 0 Å². The summed E-state index contributed by atoms with van der Waals surface area (Å²) in [5.41, 5.74) is 3.20. The molecule has 0 saturated carbocycles. The van der Waals surface area contributed by atoms with Gasteiger partial charge in [-0.2, -0.15) is 0 Å². The predicted molar refractivity (Wildman–Crippen MR) is 86.1 cm³/mol. The van der Waals surface area contributed by atoms with Crippen molar-refractivity contribution in [1.29, 1.82) is 0 Å². The topological polar surface area (TPSA) is 26.3 Å². The molecule has 21 heavy (non-hydrogen) atoms. The van der Waals surface area contributed by atoms with Crippen LogP contribution in [0, 0.1) is 6.92 Å². The average Bonchev–Trinajstić information content (AvgIpc) is 2.45. The van der Waals surface area contributed by atoms with E-state index in [1.807, 2.05) is 55.5 Å². The van der Waals surface area contributed by atoms with Gasteiger partial charge in [-0.25, -0.2) is 0 Å². The van der Waals surface area contributed by atoms with Crippen LogP contribution < -0.4 is 4.74 Å². The summed E-state index contributed by atoms with van der Waals surface area (Å²) < 4.78 is 5.57. The molecule has 0 fully saturated rings. The molecule has 0 radical (unpaired) electrons. The molecule has 2 heteroatoms. The first kappa shape index (κ1) is 15.3. The van der Waals surface area contributed by atoms with Crippen LogP contribution in [0.1, 0.15) is 42.3 Å². The minimum atomic E-state index is -0.00472. The van der Waals surface area contributed by atoms with Gasteiger partial charge < -0.3 is 4.74 Å². The van der Waals surface area contributed by atoms with Gasteiger partial charge in [0.05, 0.1) is 0 Å². The minimum absolute atomic E-state index is 0.00472. The highest BCUT2D eigenvalue weighted by Gasteiger charge is 2.13. The highest BCUT2D eigenvalue weighted by atomic mass is 16.5. The van der Waals surface area contributed by atoms with E-state index in [4.69, 9.17) is 4.74 Å². The number of hydrogen-bond donors (Lipinski definition) is 0. The van der Waals surface area contributed by atoms with E-state index >= 15 is 0 Å². The Kier molecular flexibility index (Phi) is 4.46. The Morgan fingerprint density at radius 2 is 1.52 bits per heavy atom. The van der Waals surface area contributed by atoms with Crippen LogP contribution >= 0.6 is 0 Å². The summed E-state index contributed by atoms with van der Waals surface area (Å²) in [5.74, 6) is 0.721. The Morgan fingerprint density at radius 1 is 0.952 bits per heavy atom. The van der Waals surface area contributed by atoms with Crippen molar-refractivity contribution in [3.8, 4) is 5.75 Å². The van der Waals surface area contributed by atoms with E-state index < -0.39 is 0 Å². The molecule has 2 aromatic rings. The molecule has 0 bridgehead atoms. The van der Waals surface area contributed by atoms with Crippen LogP contribution in [0.25, 0.3) is 0 Å². The lowest BCUT2D eigenvalue weighted by molar-refractivity contribution is 0.0921. The van der Waals surface area contributed by atoms with E-state index in [0.29, 0.717) is 5.56 Å². The normalized spacial score (nSPS) is 11.2. The lowest BCUT2D eigenvalue weighted by atomic mass is 9.87. The molecule has 0 unspecified atom stereocenters. The Labute approximate surface area is 126 Å². The molecule has 0 atom stereocenters. The quantitative estimate of drug-likeness (QED) is 0.769. The number of benzene rings is 2. The third-order valence-electron chi connectivity index (χ3n) is 3.46. The smallest absolute Gasteiger partial charge is 0.200 e. The first-order valence-corrected chi connectivity index (χ1v) is 7.19. The van der Waals surface area contributed by atoms with Gasteiger partial charge in [-0.1, -0.05) is 62.7 Å². The van der Waals surface area contributed by atoms with Gasteiger partial charge in [0.15, 0.2) is 12.4 Å². The summed E-state index contributed by atoms with van der Waals surface area (Å²) in [5, 5.41) is 0. The molecule has 0 amide bonds. The fourth-order valence-electron chi connectivity index (χ4n) is 2.02. The van der Waals surface area contributed by atoms with Crippen LogP contribution in [0.5, 0.6) is 5.75 Å². The Balaban J connectivity index is 1.97. The second-order valence-electron chi connectivity index (χ2n) is 6.35. The van der Waals surface area contributed by atoms with Crippen molar-refractivity contribution >= 4 is 5.78 Å². The van der Waals surface area contributed by atoms with E-state index in [1.165, 1.54) is 5.56 Å². The van der Waals surface area contributed by atoms with Crippen molar-refractivity contribution in [2.24, 2.45) is 0 Å².